The van der Waals surface area contributed by atoms with Crippen molar-refractivity contribution < 1.29 is 32.6 Å². The molecule has 4 aliphatic rings. The number of hydrogen-bond donors (Lipinski definition) is 2. The summed E-state index contributed by atoms with van der Waals surface area (Å²) in [5.41, 5.74) is -0.757. The molecule has 0 saturated heterocycles. The third-order valence-corrected chi connectivity index (χ3v) is 10.5. The summed E-state index contributed by atoms with van der Waals surface area (Å²) in [7, 11) is 0. The monoisotopic (exact) mass is 448 g/mol. The molecule has 10 atom stereocenters. The van der Waals surface area contributed by atoms with Crippen LogP contribution >= 0.6 is 0 Å². The number of aliphatic hydroxyl groups is 1. The van der Waals surface area contributed by atoms with Crippen molar-refractivity contribution >= 4 is 5.97 Å². The number of hydrogen-bond acceptors (Lipinski definition) is 2. The highest BCUT2D eigenvalue weighted by Crippen LogP contribution is 2.71. The topological polar surface area (TPSA) is 57.5 Å². The Morgan fingerprint density at radius 2 is 1.61 bits per heavy atom. The molecule has 178 valence electrons. The van der Waals surface area contributed by atoms with Crippen LogP contribution < -0.4 is 0 Å². The predicted octanol–water partition coefficient (Wildman–Crippen LogP) is 5.85. The maximum Gasteiger partial charge on any atom is 0.312 e. The first kappa shape index (κ1) is 23.3. The normalized spacial score (nSPS) is 48.4. The second kappa shape index (κ2) is 7.59. The van der Waals surface area contributed by atoms with Crippen molar-refractivity contribution in [3.05, 3.63) is 0 Å². The minimum absolute atomic E-state index is 0.133. The van der Waals surface area contributed by atoms with Crippen LogP contribution in [0, 0.1) is 52.3 Å². The highest BCUT2D eigenvalue weighted by Gasteiger charge is 2.68. The van der Waals surface area contributed by atoms with Gasteiger partial charge in [-0.25, -0.2) is 17.6 Å². The lowest BCUT2D eigenvalue weighted by Crippen LogP contribution is -2.61. The zero-order chi connectivity index (χ0) is 22.9. The van der Waals surface area contributed by atoms with Crippen LogP contribution in [0.25, 0.3) is 0 Å². The van der Waals surface area contributed by atoms with Crippen molar-refractivity contribution in [1.29, 1.82) is 0 Å². The maximum atomic E-state index is 15.7. The van der Waals surface area contributed by atoms with Gasteiger partial charge in [-0.3, -0.25) is 4.79 Å². The number of fused-ring (bicyclic) bond motifs is 5. The molecular formula is C24H36F4O3. The number of aliphatic carboxylic acids is 1. The van der Waals surface area contributed by atoms with E-state index < -0.39 is 47.6 Å². The minimum Gasteiger partial charge on any atom is -0.481 e. The van der Waals surface area contributed by atoms with Crippen LogP contribution in [0.15, 0.2) is 0 Å². The van der Waals surface area contributed by atoms with E-state index in [9.17, 15) is 23.8 Å². The Kier molecular flexibility index (Phi) is 5.71. The van der Waals surface area contributed by atoms with E-state index in [-0.39, 0.29) is 35.5 Å². The maximum absolute atomic E-state index is 15.7. The summed E-state index contributed by atoms with van der Waals surface area (Å²) >= 11 is 0. The molecule has 3 unspecified atom stereocenters. The Morgan fingerprint density at radius 1 is 1.00 bits per heavy atom. The third kappa shape index (κ3) is 3.43. The van der Waals surface area contributed by atoms with E-state index in [0.29, 0.717) is 38.5 Å². The number of alkyl halides is 4. The molecule has 0 aromatic heterocycles. The Hall–Kier alpha value is -0.850. The average Bonchev–Trinajstić information content (AvgIpc) is 2.99. The van der Waals surface area contributed by atoms with E-state index in [1.807, 2.05) is 6.92 Å². The van der Waals surface area contributed by atoms with E-state index in [1.165, 1.54) is 0 Å². The summed E-state index contributed by atoms with van der Waals surface area (Å²) in [5, 5.41) is 19.5. The molecule has 4 rings (SSSR count). The first-order chi connectivity index (χ1) is 14.3. The minimum atomic E-state index is -2.96. The molecular weight excluding hydrogens is 412 g/mol. The molecule has 0 aromatic carbocycles. The van der Waals surface area contributed by atoms with Crippen LogP contribution in [-0.4, -0.2) is 34.6 Å². The predicted molar refractivity (Wildman–Crippen MR) is 108 cm³/mol. The molecule has 0 bridgehead atoms. The second-order valence-corrected chi connectivity index (χ2v) is 11.6. The number of carboxylic acid groups (broad SMARTS) is 1. The highest BCUT2D eigenvalue weighted by molar-refractivity contribution is 5.70. The Morgan fingerprint density at radius 3 is 2.23 bits per heavy atom. The van der Waals surface area contributed by atoms with Crippen LogP contribution in [-0.2, 0) is 4.79 Å². The van der Waals surface area contributed by atoms with Crippen molar-refractivity contribution in [2.24, 2.45) is 52.3 Å². The van der Waals surface area contributed by atoms with E-state index >= 15 is 8.78 Å². The van der Waals surface area contributed by atoms with Gasteiger partial charge in [0.1, 0.15) is 5.92 Å². The second-order valence-electron chi connectivity index (χ2n) is 11.6. The van der Waals surface area contributed by atoms with Gasteiger partial charge in [0, 0.05) is 12.3 Å². The molecule has 4 aliphatic carbocycles. The molecule has 4 saturated carbocycles. The van der Waals surface area contributed by atoms with Gasteiger partial charge in [0.05, 0.1) is 6.10 Å². The molecule has 0 aliphatic heterocycles. The summed E-state index contributed by atoms with van der Waals surface area (Å²) in [6.45, 7) is 5.67. The fraction of sp³-hybridized carbons (Fsp3) is 0.958. The lowest BCUT2D eigenvalue weighted by atomic mass is 9.43. The molecule has 31 heavy (non-hydrogen) atoms. The summed E-state index contributed by atoms with van der Waals surface area (Å²) in [4.78, 5) is 11.5. The third-order valence-electron chi connectivity index (χ3n) is 10.5. The number of rotatable bonds is 4. The van der Waals surface area contributed by atoms with Gasteiger partial charge in [0.2, 0.25) is 0 Å². The highest BCUT2D eigenvalue weighted by atomic mass is 19.3. The van der Waals surface area contributed by atoms with E-state index in [0.717, 1.165) is 6.42 Å². The molecule has 0 radical (unpaired) electrons. The molecule has 0 aromatic rings. The van der Waals surface area contributed by atoms with Crippen LogP contribution in [0.2, 0.25) is 0 Å². The lowest BCUT2D eigenvalue weighted by molar-refractivity contribution is -0.239. The average molecular weight is 449 g/mol. The van der Waals surface area contributed by atoms with Crippen molar-refractivity contribution in [3.8, 4) is 0 Å². The summed E-state index contributed by atoms with van der Waals surface area (Å²) < 4.78 is 58.4. The number of carbonyl (C=O) groups is 1. The summed E-state index contributed by atoms with van der Waals surface area (Å²) in [5.74, 6) is -8.52. The van der Waals surface area contributed by atoms with Crippen LogP contribution in [0.1, 0.15) is 72.1 Å². The molecule has 2 N–H and O–H groups in total. The van der Waals surface area contributed by atoms with Crippen molar-refractivity contribution in [2.75, 3.05) is 0 Å². The fourth-order valence-corrected chi connectivity index (χ4v) is 8.85. The smallest absolute Gasteiger partial charge is 0.312 e. The molecule has 0 heterocycles. The zero-order valence-electron chi connectivity index (χ0n) is 18.7. The van der Waals surface area contributed by atoms with E-state index in [2.05, 4.69) is 6.92 Å². The number of halogens is 4. The van der Waals surface area contributed by atoms with Crippen LogP contribution in [0.4, 0.5) is 17.6 Å². The van der Waals surface area contributed by atoms with Gasteiger partial charge in [-0.05, 0) is 85.4 Å². The quantitative estimate of drug-likeness (QED) is 0.530. The van der Waals surface area contributed by atoms with Gasteiger partial charge in [-0.1, -0.05) is 20.8 Å². The molecule has 4 fully saturated rings. The Labute approximate surface area is 182 Å². The van der Waals surface area contributed by atoms with E-state index in [1.54, 1.807) is 6.92 Å². The van der Waals surface area contributed by atoms with Crippen molar-refractivity contribution in [2.45, 2.75) is 90.6 Å². The van der Waals surface area contributed by atoms with Gasteiger partial charge < -0.3 is 10.2 Å². The Bertz CT molecular complexity index is 715. The van der Waals surface area contributed by atoms with Crippen LogP contribution in [0.5, 0.6) is 0 Å². The number of carboxylic acids is 1. The molecule has 7 heteroatoms. The summed E-state index contributed by atoms with van der Waals surface area (Å²) in [6.07, 6.45) is 0.585. The van der Waals surface area contributed by atoms with Crippen molar-refractivity contribution in [1.82, 2.24) is 0 Å². The molecule has 0 spiro atoms. The van der Waals surface area contributed by atoms with Crippen LogP contribution in [0.3, 0.4) is 0 Å². The largest absolute Gasteiger partial charge is 0.481 e. The number of aliphatic hydroxyl groups excluding tert-OH is 1. The first-order valence-corrected chi connectivity index (χ1v) is 11.9. The summed E-state index contributed by atoms with van der Waals surface area (Å²) in [6, 6.07) is 0. The first-order valence-electron chi connectivity index (χ1n) is 11.9. The van der Waals surface area contributed by atoms with Gasteiger partial charge in [-0.2, -0.15) is 0 Å². The molecule has 0 amide bonds. The van der Waals surface area contributed by atoms with Gasteiger partial charge in [0.25, 0.3) is 12.3 Å². The molecule has 3 nitrogen and oxygen atoms in total. The Balaban J connectivity index is 1.65. The van der Waals surface area contributed by atoms with E-state index in [4.69, 9.17) is 0 Å². The van der Waals surface area contributed by atoms with Gasteiger partial charge in [0.15, 0.2) is 0 Å². The SMILES string of the molecule is C[C@@H]([C@H]1CCC2C3C(CC[C@@]21C)[C@@]1(C)CC[C@@H](O)C[C@H]1CC3(F)F)[C@@H](C(=O)O)C(F)F. The lowest BCUT2D eigenvalue weighted by Gasteiger charge is -2.63. The van der Waals surface area contributed by atoms with Crippen molar-refractivity contribution in [3.63, 3.8) is 0 Å². The van der Waals surface area contributed by atoms with Gasteiger partial charge in [-0.15, -0.1) is 0 Å². The standard InChI is InChI=1S/C24H36F4O3/c1-12(18(20(25)26)21(30)31)15-4-5-16-19-17(7-9-23(15,16)3)22(2)8-6-14(29)10-13(22)11-24(19,27)28/h12-20,29H,4-11H2,1-3H3,(H,30,31)/t12-,13-,14+,15+,16?,17?,18+,19?,22-,23+/m0/s1. The zero-order valence-corrected chi connectivity index (χ0v) is 18.7. The fourth-order valence-electron chi connectivity index (χ4n) is 8.85. The van der Waals surface area contributed by atoms with Gasteiger partial charge >= 0.3 is 5.97 Å².